The monoisotopic (exact) mass is 442 g/mol. The summed E-state index contributed by atoms with van der Waals surface area (Å²) in [6.07, 6.45) is 1.36. The summed E-state index contributed by atoms with van der Waals surface area (Å²) in [4.78, 5) is 12.4. The number of carbonyl (C=O) groups is 1. The Kier molecular flexibility index (Phi) is 6.65. The van der Waals surface area contributed by atoms with Crippen LogP contribution < -0.4 is 14.9 Å². The number of para-hydroxylation sites is 1. The van der Waals surface area contributed by atoms with Crippen LogP contribution in [-0.2, 0) is 6.61 Å². The van der Waals surface area contributed by atoms with Crippen molar-refractivity contribution >= 4 is 12.1 Å². The van der Waals surface area contributed by atoms with Crippen LogP contribution in [0.15, 0.2) is 84.0 Å². The van der Waals surface area contributed by atoms with Gasteiger partial charge in [-0.05, 0) is 42.0 Å². The summed E-state index contributed by atoms with van der Waals surface area (Å²) in [5.41, 5.74) is 5.51. The van der Waals surface area contributed by atoms with Crippen LogP contribution in [0.2, 0.25) is 0 Å². The molecule has 0 fully saturated rings. The number of methoxy groups -OCH3 is 1. The second-order valence-electron chi connectivity index (χ2n) is 7.06. The molecule has 0 unspecified atom stereocenters. The predicted octanol–water partition coefficient (Wildman–Crippen LogP) is 4.13. The van der Waals surface area contributed by atoms with Crippen LogP contribution in [0.1, 0.15) is 21.6 Å². The minimum Gasteiger partial charge on any atom is -0.507 e. The molecule has 0 aliphatic carbocycles. The fourth-order valence-electron chi connectivity index (χ4n) is 3.08. The van der Waals surface area contributed by atoms with Crippen LogP contribution >= 0.6 is 0 Å². The van der Waals surface area contributed by atoms with Gasteiger partial charge in [0.15, 0.2) is 11.5 Å². The van der Waals surface area contributed by atoms with Crippen LogP contribution in [0.5, 0.6) is 17.2 Å². The summed E-state index contributed by atoms with van der Waals surface area (Å²) in [5, 5.41) is 20.5. The maximum absolute atomic E-state index is 12.4. The molecule has 0 saturated heterocycles. The number of H-pyrrole nitrogens is 1. The molecule has 166 valence electrons. The molecular weight excluding hydrogens is 420 g/mol. The van der Waals surface area contributed by atoms with E-state index in [1.165, 1.54) is 12.3 Å². The van der Waals surface area contributed by atoms with E-state index in [0.29, 0.717) is 29.4 Å². The molecule has 0 spiro atoms. The van der Waals surface area contributed by atoms with Crippen molar-refractivity contribution in [3.05, 3.63) is 95.7 Å². The molecule has 33 heavy (non-hydrogen) atoms. The zero-order valence-corrected chi connectivity index (χ0v) is 17.9. The van der Waals surface area contributed by atoms with E-state index < -0.39 is 5.91 Å². The van der Waals surface area contributed by atoms with Crippen molar-refractivity contribution in [1.82, 2.24) is 15.6 Å². The Labute approximate surface area is 190 Å². The van der Waals surface area contributed by atoms with Gasteiger partial charge in [0.1, 0.15) is 18.1 Å². The number of ether oxygens (including phenoxy) is 2. The fourth-order valence-corrected chi connectivity index (χ4v) is 3.08. The Morgan fingerprint density at radius 2 is 1.85 bits per heavy atom. The molecule has 4 rings (SSSR count). The number of hydrogen-bond acceptors (Lipinski definition) is 6. The Hall–Kier alpha value is -4.59. The van der Waals surface area contributed by atoms with Crippen LogP contribution in [0.3, 0.4) is 0 Å². The van der Waals surface area contributed by atoms with Crippen LogP contribution in [0.4, 0.5) is 0 Å². The van der Waals surface area contributed by atoms with Gasteiger partial charge in [-0.25, -0.2) is 5.43 Å². The second-order valence-corrected chi connectivity index (χ2v) is 7.06. The summed E-state index contributed by atoms with van der Waals surface area (Å²) < 4.78 is 11.4. The van der Waals surface area contributed by atoms with Crippen molar-refractivity contribution in [2.24, 2.45) is 5.10 Å². The normalized spacial score (nSPS) is 10.8. The number of benzene rings is 3. The highest BCUT2D eigenvalue weighted by atomic mass is 16.5. The molecule has 0 aliphatic heterocycles. The average Bonchev–Trinajstić information content (AvgIpc) is 3.35. The van der Waals surface area contributed by atoms with E-state index in [1.807, 2.05) is 42.5 Å². The lowest BCUT2D eigenvalue weighted by molar-refractivity contribution is 0.0950. The summed E-state index contributed by atoms with van der Waals surface area (Å²) in [7, 11) is 1.57. The minimum absolute atomic E-state index is 0.0736. The lowest BCUT2D eigenvalue weighted by atomic mass is 10.1. The summed E-state index contributed by atoms with van der Waals surface area (Å²) >= 11 is 0. The molecule has 1 aromatic heterocycles. The number of hydrogen-bond donors (Lipinski definition) is 3. The van der Waals surface area contributed by atoms with E-state index in [2.05, 4.69) is 20.7 Å². The van der Waals surface area contributed by atoms with Gasteiger partial charge in [-0.1, -0.05) is 42.5 Å². The first-order chi connectivity index (χ1) is 16.1. The SMILES string of the molecule is COc1cc(-c2cc(C(=O)N/N=C\c3ccccc3O)[nH]n2)ccc1OCc1ccccc1. The van der Waals surface area contributed by atoms with E-state index in [4.69, 9.17) is 9.47 Å². The molecular formula is C25H22N4O4. The molecule has 1 amide bonds. The number of hydrazone groups is 1. The molecule has 0 saturated carbocycles. The lowest BCUT2D eigenvalue weighted by Gasteiger charge is -2.11. The lowest BCUT2D eigenvalue weighted by Crippen LogP contribution is -2.18. The number of rotatable bonds is 8. The molecule has 0 atom stereocenters. The van der Waals surface area contributed by atoms with Crippen molar-refractivity contribution in [2.75, 3.05) is 7.11 Å². The quantitative estimate of drug-likeness (QED) is 0.281. The number of aromatic hydroxyl groups is 1. The van der Waals surface area contributed by atoms with Crippen molar-refractivity contribution in [3.63, 3.8) is 0 Å². The number of nitrogens with one attached hydrogen (secondary N) is 2. The van der Waals surface area contributed by atoms with Gasteiger partial charge in [0, 0.05) is 11.1 Å². The number of aromatic nitrogens is 2. The Morgan fingerprint density at radius 1 is 1.06 bits per heavy atom. The molecule has 8 nitrogen and oxygen atoms in total. The molecule has 3 N–H and O–H groups in total. The third-order valence-corrected chi connectivity index (χ3v) is 4.83. The van der Waals surface area contributed by atoms with Crippen LogP contribution in [0.25, 0.3) is 11.3 Å². The third-order valence-electron chi connectivity index (χ3n) is 4.83. The van der Waals surface area contributed by atoms with Crippen molar-refractivity contribution in [1.29, 1.82) is 0 Å². The number of nitrogens with zero attached hydrogens (tertiary/aromatic N) is 2. The number of phenolic OH excluding ortho intramolecular Hbond substituents is 1. The standard InChI is InChI=1S/C25H22N4O4/c1-32-24-13-18(11-12-23(24)33-16-17-7-3-2-4-8-17)20-14-21(28-27-20)25(31)29-26-15-19-9-5-6-10-22(19)30/h2-15,30H,16H2,1H3,(H,27,28)(H,29,31)/b26-15-. The maximum Gasteiger partial charge on any atom is 0.289 e. The summed E-state index contributed by atoms with van der Waals surface area (Å²) in [6, 6.07) is 23.6. The predicted molar refractivity (Wildman–Crippen MR) is 125 cm³/mol. The molecule has 0 aliphatic rings. The van der Waals surface area contributed by atoms with Crippen LogP contribution in [-0.4, -0.2) is 34.5 Å². The Bertz CT molecular complexity index is 1270. The van der Waals surface area contributed by atoms with Gasteiger partial charge in [-0.15, -0.1) is 0 Å². The first-order valence-corrected chi connectivity index (χ1v) is 10.2. The smallest absolute Gasteiger partial charge is 0.289 e. The van der Waals surface area contributed by atoms with Gasteiger partial charge in [-0.3, -0.25) is 9.89 Å². The molecule has 3 aromatic carbocycles. The van der Waals surface area contributed by atoms with Crippen LogP contribution in [0, 0.1) is 0 Å². The van der Waals surface area contributed by atoms with Gasteiger partial charge in [0.25, 0.3) is 5.91 Å². The van der Waals surface area contributed by atoms with Crippen molar-refractivity contribution in [3.8, 4) is 28.5 Å². The highest BCUT2D eigenvalue weighted by Crippen LogP contribution is 2.32. The average molecular weight is 442 g/mol. The number of carbonyl (C=O) groups excluding carboxylic acids is 1. The number of amides is 1. The topological polar surface area (TPSA) is 109 Å². The first-order valence-electron chi connectivity index (χ1n) is 10.2. The maximum atomic E-state index is 12.4. The third kappa shape index (κ3) is 5.37. The van der Waals surface area contributed by atoms with E-state index in [0.717, 1.165) is 11.1 Å². The minimum atomic E-state index is -0.463. The molecule has 0 bridgehead atoms. The van der Waals surface area contributed by atoms with Crippen molar-refractivity contribution in [2.45, 2.75) is 6.61 Å². The Morgan fingerprint density at radius 3 is 2.64 bits per heavy atom. The Balaban J connectivity index is 1.43. The summed E-state index contributed by atoms with van der Waals surface area (Å²) in [6.45, 7) is 0.421. The fraction of sp³-hybridized carbons (Fsp3) is 0.0800. The zero-order valence-electron chi connectivity index (χ0n) is 17.9. The van der Waals surface area contributed by atoms with Gasteiger partial charge >= 0.3 is 0 Å². The zero-order chi connectivity index (χ0) is 23.0. The van der Waals surface area contributed by atoms with Gasteiger partial charge < -0.3 is 14.6 Å². The molecule has 4 aromatic rings. The van der Waals surface area contributed by atoms with E-state index >= 15 is 0 Å². The van der Waals surface area contributed by atoms with Gasteiger partial charge in [0.2, 0.25) is 0 Å². The molecule has 0 radical (unpaired) electrons. The van der Waals surface area contributed by atoms with E-state index in [-0.39, 0.29) is 11.4 Å². The first kappa shape index (κ1) is 21.6. The van der Waals surface area contributed by atoms with E-state index in [9.17, 15) is 9.90 Å². The number of phenols is 1. The van der Waals surface area contributed by atoms with E-state index in [1.54, 1.807) is 37.4 Å². The highest BCUT2D eigenvalue weighted by molar-refractivity contribution is 5.94. The van der Waals surface area contributed by atoms with Gasteiger partial charge in [0.05, 0.1) is 19.0 Å². The van der Waals surface area contributed by atoms with Crippen molar-refractivity contribution < 1.29 is 19.4 Å². The summed E-state index contributed by atoms with van der Waals surface area (Å²) in [5.74, 6) is 0.779. The largest absolute Gasteiger partial charge is 0.507 e. The molecule has 8 heteroatoms. The molecule has 1 heterocycles. The highest BCUT2D eigenvalue weighted by Gasteiger charge is 2.13. The number of aromatic amines is 1. The van der Waals surface area contributed by atoms with Gasteiger partial charge in [-0.2, -0.15) is 10.2 Å². The second kappa shape index (κ2) is 10.1.